The summed E-state index contributed by atoms with van der Waals surface area (Å²) in [6, 6.07) is 9.73. The molecule has 0 fully saturated rings. The first-order chi connectivity index (χ1) is 9.42. The fraction of sp³-hybridized carbons (Fsp3) is 0.143. The standard InChI is InChI=1S/C14H14FNO3S/c1-10-2-5-12(15)8-14(10)16-20(18,19)13-6-3-11(9-17)4-7-13/h2-8,16-17H,9H2,1H3. The number of nitrogens with one attached hydrogen (secondary N) is 1. The van der Waals surface area contributed by atoms with Crippen molar-refractivity contribution in [3.63, 3.8) is 0 Å². The van der Waals surface area contributed by atoms with Gasteiger partial charge in [-0.25, -0.2) is 12.8 Å². The molecule has 0 aromatic heterocycles. The van der Waals surface area contributed by atoms with E-state index in [1.165, 1.54) is 36.4 Å². The molecule has 0 atom stereocenters. The topological polar surface area (TPSA) is 66.4 Å². The summed E-state index contributed by atoms with van der Waals surface area (Å²) in [6.07, 6.45) is 0. The van der Waals surface area contributed by atoms with Crippen molar-refractivity contribution in [3.05, 3.63) is 59.4 Å². The van der Waals surface area contributed by atoms with Gasteiger partial charge in [0, 0.05) is 0 Å². The number of rotatable bonds is 4. The molecule has 6 heteroatoms. The molecule has 0 amide bonds. The van der Waals surface area contributed by atoms with Crippen LogP contribution in [0.1, 0.15) is 11.1 Å². The van der Waals surface area contributed by atoms with Crippen molar-refractivity contribution >= 4 is 15.7 Å². The van der Waals surface area contributed by atoms with Crippen molar-refractivity contribution in [2.75, 3.05) is 4.72 Å². The number of halogens is 1. The maximum Gasteiger partial charge on any atom is 0.261 e. The number of aliphatic hydroxyl groups excluding tert-OH is 1. The number of benzene rings is 2. The van der Waals surface area contributed by atoms with Crippen LogP contribution in [0.4, 0.5) is 10.1 Å². The Bertz CT molecular complexity index is 712. The van der Waals surface area contributed by atoms with E-state index in [2.05, 4.69) is 4.72 Å². The fourth-order valence-electron chi connectivity index (χ4n) is 1.68. The highest BCUT2D eigenvalue weighted by atomic mass is 32.2. The van der Waals surface area contributed by atoms with Crippen molar-refractivity contribution in [1.29, 1.82) is 0 Å². The molecule has 4 nitrogen and oxygen atoms in total. The van der Waals surface area contributed by atoms with Crippen LogP contribution in [-0.4, -0.2) is 13.5 Å². The van der Waals surface area contributed by atoms with Gasteiger partial charge in [-0.05, 0) is 42.3 Å². The molecule has 106 valence electrons. The van der Waals surface area contributed by atoms with E-state index in [0.717, 1.165) is 6.07 Å². The lowest BCUT2D eigenvalue weighted by Crippen LogP contribution is -2.14. The van der Waals surface area contributed by atoms with Crippen molar-refractivity contribution < 1.29 is 17.9 Å². The molecule has 20 heavy (non-hydrogen) atoms. The average Bonchev–Trinajstić information content (AvgIpc) is 2.43. The van der Waals surface area contributed by atoms with E-state index in [9.17, 15) is 12.8 Å². The Labute approximate surface area is 116 Å². The third kappa shape index (κ3) is 3.15. The monoisotopic (exact) mass is 295 g/mol. The molecule has 2 aromatic rings. The molecule has 2 N–H and O–H groups in total. The van der Waals surface area contributed by atoms with E-state index < -0.39 is 15.8 Å². The quantitative estimate of drug-likeness (QED) is 0.910. The van der Waals surface area contributed by atoms with E-state index in [1.807, 2.05) is 0 Å². The number of hydrogen-bond acceptors (Lipinski definition) is 3. The highest BCUT2D eigenvalue weighted by Gasteiger charge is 2.15. The largest absolute Gasteiger partial charge is 0.392 e. The van der Waals surface area contributed by atoms with Gasteiger partial charge in [-0.2, -0.15) is 0 Å². The molecule has 0 unspecified atom stereocenters. The van der Waals surface area contributed by atoms with E-state index >= 15 is 0 Å². The van der Waals surface area contributed by atoms with Crippen LogP contribution in [-0.2, 0) is 16.6 Å². The van der Waals surface area contributed by atoms with Gasteiger partial charge in [0.15, 0.2) is 0 Å². The lowest BCUT2D eigenvalue weighted by molar-refractivity contribution is 0.282. The highest BCUT2D eigenvalue weighted by Crippen LogP contribution is 2.21. The van der Waals surface area contributed by atoms with Gasteiger partial charge in [0.2, 0.25) is 0 Å². The normalized spacial score (nSPS) is 11.3. The van der Waals surface area contributed by atoms with Crippen LogP contribution < -0.4 is 4.72 Å². The van der Waals surface area contributed by atoms with E-state index in [0.29, 0.717) is 11.1 Å². The molecule has 0 aliphatic heterocycles. The Balaban J connectivity index is 2.32. The Morgan fingerprint density at radius 2 is 1.80 bits per heavy atom. The van der Waals surface area contributed by atoms with Gasteiger partial charge >= 0.3 is 0 Å². The minimum absolute atomic E-state index is 0.0540. The van der Waals surface area contributed by atoms with Gasteiger partial charge in [-0.1, -0.05) is 18.2 Å². The maximum atomic E-state index is 13.2. The first-order valence-electron chi connectivity index (χ1n) is 5.91. The molecule has 0 aliphatic rings. The predicted molar refractivity (Wildman–Crippen MR) is 74.3 cm³/mol. The number of aryl methyl sites for hydroxylation is 1. The summed E-state index contributed by atoms with van der Waals surface area (Å²) < 4.78 is 39.8. The van der Waals surface area contributed by atoms with Gasteiger partial charge in [0.25, 0.3) is 10.0 Å². The summed E-state index contributed by atoms with van der Waals surface area (Å²) in [5, 5.41) is 8.93. The van der Waals surface area contributed by atoms with Crippen molar-refractivity contribution in [1.82, 2.24) is 0 Å². The molecule has 0 saturated carbocycles. The molecular weight excluding hydrogens is 281 g/mol. The lowest BCUT2D eigenvalue weighted by Gasteiger charge is -2.11. The second-order valence-corrected chi connectivity index (χ2v) is 6.05. The molecule has 0 heterocycles. The summed E-state index contributed by atoms with van der Waals surface area (Å²) in [7, 11) is -3.78. The molecule has 0 saturated heterocycles. The van der Waals surface area contributed by atoms with Gasteiger partial charge in [-0.3, -0.25) is 4.72 Å². The van der Waals surface area contributed by atoms with Crippen LogP contribution in [0.3, 0.4) is 0 Å². The van der Waals surface area contributed by atoms with Crippen LogP contribution >= 0.6 is 0 Å². The molecule has 2 aromatic carbocycles. The first-order valence-corrected chi connectivity index (χ1v) is 7.39. The van der Waals surface area contributed by atoms with Gasteiger partial charge < -0.3 is 5.11 Å². The molecule has 0 spiro atoms. The SMILES string of the molecule is Cc1ccc(F)cc1NS(=O)(=O)c1ccc(CO)cc1. The van der Waals surface area contributed by atoms with Crippen molar-refractivity contribution in [3.8, 4) is 0 Å². The minimum atomic E-state index is -3.78. The van der Waals surface area contributed by atoms with E-state index in [-0.39, 0.29) is 17.2 Å². The summed E-state index contributed by atoms with van der Waals surface area (Å²) in [6.45, 7) is 1.53. The van der Waals surface area contributed by atoms with Crippen molar-refractivity contribution in [2.45, 2.75) is 18.4 Å². The first kappa shape index (κ1) is 14.5. The number of aliphatic hydroxyl groups is 1. The summed E-state index contributed by atoms with van der Waals surface area (Å²) in [4.78, 5) is 0.0540. The van der Waals surface area contributed by atoms with E-state index in [1.54, 1.807) is 6.92 Å². The Morgan fingerprint density at radius 1 is 1.15 bits per heavy atom. The zero-order valence-electron chi connectivity index (χ0n) is 10.8. The highest BCUT2D eigenvalue weighted by molar-refractivity contribution is 7.92. The summed E-state index contributed by atoms with van der Waals surface area (Å²) in [5.41, 5.74) is 1.45. The Morgan fingerprint density at radius 3 is 2.40 bits per heavy atom. The van der Waals surface area contributed by atoms with Crippen LogP contribution in [0.25, 0.3) is 0 Å². The van der Waals surface area contributed by atoms with Gasteiger partial charge in [0.05, 0.1) is 17.2 Å². The second kappa shape index (κ2) is 5.60. The predicted octanol–water partition coefficient (Wildman–Crippen LogP) is 2.43. The number of hydrogen-bond donors (Lipinski definition) is 2. The van der Waals surface area contributed by atoms with Gasteiger partial charge in [-0.15, -0.1) is 0 Å². The Kier molecular flexibility index (Phi) is 4.06. The Hall–Kier alpha value is -1.92. The smallest absolute Gasteiger partial charge is 0.261 e. The van der Waals surface area contributed by atoms with Crippen LogP contribution in [0.15, 0.2) is 47.4 Å². The third-order valence-corrected chi connectivity index (χ3v) is 4.24. The average molecular weight is 295 g/mol. The summed E-state index contributed by atoms with van der Waals surface area (Å²) >= 11 is 0. The lowest BCUT2D eigenvalue weighted by atomic mass is 10.2. The summed E-state index contributed by atoms with van der Waals surface area (Å²) in [5.74, 6) is -0.510. The van der Waals surface area contributed by atoms with Crippen LogP contribution in [0.2, 0.25) is 0 Å². The molecule has 0 bridgehead atoms. The van der Waals surface area contributed by atoms with Crippen LogP contribution in [0.5, 0.6) is 0 Å². The number of sulfonamides is 1. The molecule has 2 rings (SSSR count). The molecule has 0 radical (unpaired) electrons. The minimum Gasteiger partial charge on any atom is -0.392 e. The van der Waals surface area contributed by atoms with E-state index in [4.69, 9.17) is 5.11 Å². The molecular formula is C14H14FNO3S. The van der Waals surface area contributed by atoms with Gasteiger partial charge in [0.1, 0.15) is 5.82 Å². The zero-order chi connectivity index (χ0) is 14.8. The van der Waals surface area contributed by atoms with Crippen LogP contribution in [0, 0.1) is 12.7 Å². The second-order valence-electron chi connectivity index (χ2n) is 4.37. The zero-order valence-corrected chi connectivity index (χ0v) is 11.6. The fourth-order valence-corrected chi connectivity index (χ4v) is 2.80. The van der Waals surface area contributed by atoms with Crippen molar-refractivity contribution in [2.24, 2.45) is 0 Å². The number of anilines is 1. The third-order valence-electron chi connectivity index (χ3n) is 2.86. The maximum absolute atomic E-state index is 13.2. The molecule has 0 aliphatic carbocycles.